The van der Waals surface area contributed by atoms with Gasteiger partial charge >= 0.3 is 5.97 Å². The van der Waals surface area contributed by atoms with E-state index in [0.717, 1.165) is 56.1 Å². The van der Waals surface area contributed by atoms with Crippen molar-refractivity contribution in [2.24, 2.45) is 5.92 Å². The number of esters is 1. The van der Waals surface area contributed by atoms with Crippen molar-refractivity contribution in [1.29, 1.82) is 5.26 Å². The summed E-state index contributed by atoms with van der Waals surface area (Å²) in [7, 11) is 0. The summed E-state index contributed by atoms with van der Waals surface area (Å²) in [5.74, 6) is 0.755. The van der Waals surface area contributed by atoms with Gasteiger partial charge < -0.3 is 4.74 Å². The zero-order chi connectivity index (χ0) is 25.1. The van der Waals surface area contributed by atoms with Crippen molar-refractivity contribution in [3.8, 4) is 11.8 Å². The van der Waals surface area contributed by atoms with Gasteiger partial charge in [0.15, 0.2) is 0 Å². The Labute approximate surface area is 212 Å². The van der Waals surface area contributed by atoms with E-state index in [1.165, 1.54) is 44.1 Å². The molecule has 1 fully saturated rings. The van der Waals surface area contributed by atoms with Gasteiger partial charge in [-0.3, -0.25) is 4.79 Å². The summed E-state index contributed by atoms with van der Waals surface area (Å²) >= 11 is 0. The first-order valence-electron chi connectivity index (χ1n) is 13.9. The van der Waals surface area contributed by atoms with Gasteiger partial charge in [0.1, 0.15) is 11.8 Å². The number of nitrogens with zero attached hydrogens (tertiary/aromatic N) is 1. The van der Waals surface area contributed by atoms with E-state index >= 15 is 0 Å². The summed E-state index contributed by atoms with van der Waals surface area (Å²) in [5, 5.41) is 9.80. The largest absolute Gasteiger partial charge is 0.424 e. The van der Waals surface area contributed by atoms with E-state index in [1.807, 2.05) is 18.2 Å². The molecule has 0 heterocycles. The van der Waals surface area contributed by atoms with Crippen LogP contribution in [0.15, 0.2) is 42.5 Å². The molecule has 0 amide bonds. The van der Waals surface area contributed by atoms with Crippen molar-refractivity contribution < 1.29 is 9.53 Å². The molecule has 3 rings (SSSR count). The van der Waals surface area contributed by atoms with E-state index in [-0.39, 0.29) is 5.97 Å². The second-order valence-corrected chi connectivity index (χ2v) is 10.6. The lowest BCUT2D eigenvalue weighted by molar-refractivity contribution is -0.142. The van der Waals surface area contributed by atoms with E-state index in [0.29, 0.717) is 17.2 Å². The van der Waals surface area contributed by atoms with Crippen molar-refractivity contribution in [1.82, 2.24) is 0 Å². The van der Waals surface area contributed by atoms with Crippen LogP contribution in [0, 0.1) is 17.2 Å². The molecule has 0 radical (unpaired) electrons. The highest BCUT2D eigenvalue weighted by Crippen LogP contribution is 2.41. The minimum absolute atomic E-state index is 0.212. The predicted molar refractivity (Wildman–Crippen MR) is 144 cm³/mol. The molecule has 2 aromatic carbocycles. The fraction of sp³-hybridized carbons (Fsp3) is 0.562. The molecule has 0 aliphatic heterocycles. The van der Waals surface area contributed by atoms with Gasteiger partial charge in [-0.05, 0) is 66.8 Å². The SMILES string of the molecule is CCCCCc1ccc(C2(C(=O)Oc3ccc(CC(C)CCCC)cc3C#N)CCCCC2)cc1. The smallest absolute Gasteiger partial charge is 0.321 e. The third kappa shape index (κ3) is 7.20. The van der Waals surface area contributed by atoms with Crippen LogP contribution in [0.5, 0.6) is 5.75 Å². The van der Waals surface area contributed by atoms with Crippen LogP contribution < -0.4 is 4.74 Å². The van der Waals surface area contributed by atoms with Crippen molar-refractivity contribution in [3.63, 3.8) is 0 Å². The monoisotopic (exact) mass is 473 g/mol. The maximum atomic E-state index is 13.7. The number of aryl methyl sites for hydroxylation is 1. The highest BCUT2D eigenvalue weighted by molar-refractivity contribution is 5.85. The van der Waals surface area contributed by atoms with Gasteiger partial charge in [-0.1, -0.05) is 102 Å². The van der Waals surface area contributed by atoms with Crippen LogP contribution >= 0.6 is 0 Å². The molecule has 0 aromatic heterocycles. The van der Waals surface area contributed by atoms with E-state index in [2.05, 4.69) is 51.1 Å². The number of carbonyl (C=O) groups is 1. The number of benzene rings is 2. The molecule has 2 aromatic rings. The Balaban J connectivity index is 1.78. The number of hydrogen-bond acceptors (Lipinski definition) is 3. The van der Waals surface area contributed by atoms with Gasteiger partial charge in [0.25, 0.3) is 0 Å². The minimum atomic E-state index is -0.625. The van der Waals surface area contributed by atoms with Crippen molar-refractivity contribution in [2.75, 3.05) is 0 Å². The van der Waals surface area contributed by atoms with Crippen LogP contribution in [0.4, 0.5) is 0 Å². The Hall–Kier alpha value is -2.60. The van der Waals surface area contributed by atoms with E-state index in [9.17, 15) is 10.1 Å². The molecule has 188 valence electrons. The molecule has 3 nitrogen and oxygen atoms in total. The summed E-state index contributed by atoms with van der Waals surface area (Å²) in [5.41, 5.74) is 3.35. The van der Waals surface area contributed by atoms with Crippen LogP contribution in [0.3, 0.4) is 0 Å². The Morgan fingerprint density at radius 3 is 2.31 bits per heavy atom. The Bertz CT molecular complexity index is 980. The fourth-order valence-electron chi connectivity index (χ4n) is 5.47. The highest BCUT2D eigenvalue weighted by atomic mass is 16.5. The second-order valence-electron chi connectivity index (χ2n) is 10.6. The third-order valence-corrected chi connectivity index (χ3v) is 7.68. The van der Waals surface area contributed by atoms with Gasteiger partial charge in [0.2, 0.25) is 0 Å². The number of unbranched alkanes of at least 4 members (excludes halogenated alkanes) is 3. The van der Waals surface area contributed by atoms with Crippen molar-refractivity contribution >= 4 is 5.97 Å². The molecule has 3 heteroatoms. The van der Waals surface area contributed by atoms with Gasteiger partial charge in [-0.15, -0.1) is 0 Å². The third-order valence-electron chi connectivity index (χ3n) is 7.68. The van der Waals surface area contributed by atoms with Gasteiger partial charge in [0.05, 0.1) is 11.0 Å². The Morgan fingerprint density at radius 1 is 0.971 bits per heavy atom. The van der Waals surface area contributed by atoms with Gasteiger partial charge in [-0.25, -0.2) is 0 Å². The summed E-state index contributed by atoms with van der Waals surface area (Å²) < 4.78 is 6.01. The summed E-state index contributed by atoms with van der Waals surface area (Å²) in [4.78, 5) is 13.7. The molecule has 0 saturated heterocycles. The first-order valence-corrected chi connectivity index (χ1v) is 13.9. The molecule has 0 spiro atoms. The lowest BCUT2D eigenvalue weighted by Crippen LogP contribution is -2.41. The van der Waals surface area contributed by atoms with E-state index < -0.39 is 5.41 Å². The predicted octanol–water partition coefficient (Wildman–Crippen LogP) is 8.47. The molecule has 35 heavy (non-hydrogen) atoms. The lowest BCUT2D eigenvalue weighted by Gasteiger charge is -2.35. The topological polar surface area (TPSA) is 50.1 Å². The quantitative estimate of drug-likeness (QED) is 0.176. The average Bonchev–Trinajstić information content (AvgIpc) is 2.89. The maximum absolute atomic E-state index is 13.7. The van der Waals surface area contributed by atoms with E-state index in [1.54, 1.807) is 0 Å². The maximum Gasteiger partial charge on any atom is 0.321 e. The van der Waals surface area contributed by atoms with Crippen LogP contribution in [-0.2, 0) is 23.1 Å². The average molecular weight is 474 g/mol. The van der Waals surface area contributed by atoms with Gasteiger partial charge in [-0.2, -0.15) is 5.26 Å². The number of nitriles is 1. The normalized spacial score (nSPS) is 15.8. The van der Waals surface area contributed by atoms with Crippen molar-refractivity contribution in [2.45, 2.75) is 110 Å². The van der Waals surface area contributed by atoms with E-state index in [4.69, 9.17) is 4.74 Å². The molecule has 0 bridgehead atoms. The molecule has 1 aliphatic carbocycles. The Morgan fingerprint density at radius 2 is 1.66 bits per heavy atom. The number of rotatable bonds is 12. The summed E-state index contributed by atoms with van der Waals surface area (Å²) in [6.45, 7) is 6.70. The first-order chi connectivity index (χ1) is 17.0. The molecule has 1 atom stereocenters. The fourth-order valence-corrected chi connectivity index (χ4v) is 5.47. The second kappa shape index (κ2) is 13.5. The van der Waals surface area contributed by atoms with Crippen LogP contribution in [-0.4, -0.2) is 5.97 Å². The van der Waals surface area contributed by atoms with Gasteiger partial charge in [0, 0.05) is 0 Å². The first kappa shape index (κ1) is 27.0. The molecule has 0 N–H and O–H groups in total. The Kier molecular flexibility index (Phi) is 10.4. The zero-order valence-corrected chi connectivity index (χ0v) is 22.1. The van der Waals surface area contributed by atoms with Crippen LogP contribution in [0.2, 0.25) is 0 Å². The number of ether oxygens (including phenoxy) is 1. The zero-order valence-electron chi connectivity index (χ0n) is 22.1. The van der Waals surface area contributed by atoms with Crippen molar-refractivity contribution in [3.05, 3.63) is 64.7 Å². The lowest BCUT2D eigenvalue weighted by atomic mass is 9.69. The molecular weight excluding hydrogens is 430 g/mol. The standard InChI is InChI=1S/C32H43NO2/c1-4-6-9-13-26-14-17-29(18-15-26)32(20-10-8-11-21-32)31(34)35-30-19-16-27(23-28(30)24-33)22-25(3)12-7-5-2/h14-19,23,25H,4-13,20-22H2,1-3H3. The number of carbonyl (C=O) groups excluding carboxylic acids is 1. The molecule has 1 saturated carbocycles. The minimum Gasteiger partial charge on any atom is -0.424 e. The summed E-state index contributed by atoms with van der Waals surface area (Å²) in [6, 6.07) is 16.7. The van der Waals surface area contributed by atoms with Crippen LogP contribution in [0.1, 0.15) is 114 Å². The molecule has 1 unspecified atom stereocenters. The summed E-state index contributed by atoms with van der Waals surface area (Å²) in [6.07, 6.45) is 14.1. The highest BCUT2D eigenvalue weighted by Gasteiger charge is 2.43. The van der Waals surface area contributed by atoms with Crippen LogP contribution in [0.25, 0.3) is 0 Å². The molecular formula is C32H43NO2. The number of hydrogen-bond donors (Lipinski definition) is 0. The molecule has 1 aliphatic rings.